The van der Waals surface area contributed by atoms with E-state index in [2.05, 4.69) is 10.2 Å². The van der Waals surface area contributed by atoms with Gasteiger partial charge >= 0.3 is 0 Å². The Balaban J connectivity index is 1.59. The molecular weight excluding hydrogens is 218 g/mol. The van der Waals surface area contributed by atoms with Crippen molar-refractivity contribution in [2.24, 2.45) is 5.92 Å². The molecule has 2 fully saturated rings. The molecule has 0 aromatic rings. The molecule has 1 saturated carbocycles. The van der Waals surface area contributed by atoms with Crippen molar-refractivity contribution in [2.45, 2.75) is 12.8 Å². The number of amides is 1. The standard InChI is InChI=1S/C12H23N3O2/c16-8-7-14-3-5-15(6-4-14)12(17)10-13-9-11-1-2-11/h11,13,16H,1-10H2. The van der Waals surface area contributed by atoms with E-state index in [0.717, 1.165) is 45.2 Å². The molecule has 1 saturated heterocycles. The topological polar surface area (TPSA) is 55.8 Å². The molecule has 2 aliphatic rings. The van der Waals surface area contributed by atoms with E-state index in [1.807, 2.05) is 4.90 Å². The molecule has 0 spiro atoms. The van der Waals surface area contributed by atoms with E-state index in [4.69, 9.17) is 5.11 Å². The SMILES string of the molecule is O=C(CNCC1CC1)N1CCN(CCO)CC1. The lowest BCUT2D eigenvalue weighted by atomic mass is 10.3. The Bertz CT molecular complexity index is 248. The second-order valence-electron chi connectivity index (χ2n) is 5.02. The molecule has 0 aromatic carbocycles. The molecule has 17 heavy (non-hydrogen) atoms. The molecule has 0 atom stereocenters. The minimum absolute atomic E-state index is 0.205. The number of piperazine rings is 1. The van der Waals surface area contributed by atoms with Gasteiger partial charge in [-0.3, -0.25) is 9.69 Å². The first-order valence-electron chi connectivity index (χ1n) is 6.61. The Morgan fingerprint density at radius 3 is 2.53 bits per heavy atom. The van der Waals surface area contributed by atoms with Crippen LogP contribution in [0.15, 0.2) is 0 Å². The summed E-state index contributed by atoms with van der Waals surface area (Å²) in [6.07, 6.45) is 2.64. The maximum atomic E-state index is 11.9. The van der Waals surface area contributed by atoms with Gasteiger partial charge in [-0.2, -0.15) is 0 Å². The van der Waals surface area contributed by atoms with Crippen molar-refractivity contribution in [2.75, 3.05) is 52.4 Å². The Labute approximate surface area is 103 Å². The molecule has 1 amide bonds. The number of carbonyl (C=O) groups excluding carboxylic acids is 1. The average Bonchev–Trinajstić information content (AvgIpc) is 3.14. The third kappa shape index (κ3) is 4.26. The van der Waals surface area contributed by atoms with E-state index >= 15 is 0 Å². The molecule has 0 bridgehead atoms. The van der Waals surface area contributed by atoms with E-state index in [-0.39, 0.29) is 12.5 Å². The van der Waals surface area contributed by atoms with Crippen LogP contribution in [0.5, 0.6) is 0 Å². The second kappa shape index (κ2) is 6.33. The molecule has 0 radical (unpaired) electrons. The second-order valence-corrected chi connectivity index (χ2v) is 5.02. The zero-order chi connectivity index (χ0) is 12.1. The molecule has 2 rings (SSSR count). The largest absolute Gasteiger partial charge is 0.395 e. The van der Waals surface area contributed by atoms with Crippen LogP contribution in [-0.4, -0.2) is 73.2 Å². The lowest BCUT2D eigenvalue weighted by Crippen LogP contribution is -2.51. The van der Waals surface area contributed by atoms with Crippen molar-refractivity contribution in [3.05, 3.63) is 0 Å². The third-order valence-electron chi connectivity index (χ3n) is 3.55. The Morgan fingerprint density at radius 1 is 1.24 bits per heavy atom. The van der Waals surface area contributed by atoms with Crippen LogP contribution in [-0.2, 0) is 4.79 Å². The van der Waals surface area contributed by atoms with Gasteiger partial charge in [0.15, 0.2) is 0 Å². The summed E-state index contributed by atoms with van der Waals surface area (Å²) in [5, 5.41) is 12.1. The zero-order valence-corrected chi connectivity index (χ0v) is 10.4. The van der Waals surface area contributed by atoms with Crippen molar-refractivity contribution in [1.29, 1.82) is 0 Å². The van der Waals surface area contributed by atoms with Crippen LogP contribution in [0.2, 0.25) is 0 Å². The van der Waals surface area contributed by atoms with Crippen molar-refractivity contribution in [3.8, 4) is 0 Å². The van der Waals surface area contributed by atoms with Gasteiger partial charge in [-0.25, -0.2) is 0 Å². The summed E-state index contributed by atoms with van der Waals surface area (Å²) in [6.45, 7) is 5.77. The van der Waals surface area contributed by atoms with E-state index in [0.29, 0.717) is 6.54 Å². The Kier molecular flexibility index (Phi) is 4.76. The lowest BCUT2D eigenvalue weighted by Gasteiger charge is -2.34. The van der Waals surface area contributed by atoms with Crippen LogP contribution in [0.25, 0.3) is 0 Å². The third-order valence-corrected chi connectivity index (χ3v) is 3.55. The van der Waals surface area contributed by atoms with Gasteiger partial charge in [0.2, 0.25) is 5.91 Å². The number of aliphatic hydroxyl groups excluding tert-OH is 1. The van der Waals surface area contributed by atoms with Gasteiger partial charge in [-0.15, -0.1) is 0 Å². The highest BCUT2D eigenvalue weighted by Gasteiger charge is 2.23. The highest BCUT2D eigenvalue weighted by molar-refractivity contribution is 5.78. The van der Waals surface area contributed by atoms with Gasteiger partial charge in [-0.1, -0.05) is 0 Å². The molecule has 0 aromatic heterocycles. The van der Waals surface area contributed by atoms with Gasteiger partial charge < -0.3 is 15.3 Å². The number of hydrogen-bond donors (Lipinski definition) is 2. The van der Waals surface area contributed by atoms with Crippen molar-refractivity contribution < 1.29 is 9.90 Å². The fraction of sp³-hybridized carbons (Fsp3) is 0.917. The number of β-amino-alcohol motifs (C(OH)–C–C–N with tert-alkyl or cyclic N) is 1. The van der Waals surface area contributed by atoms with Crippen LogP contribution in [0.4, 0.5) is 0 Å². The summed E-state index contributed by atoms with van der Waals surface area (Å²) in [6, 6.07) is 0. The molecule has 0 unspecified atom stereocenters. The average molecular weight is 241 g/mol. The predicted octanol–water partition coefficient (Wildman–Crippen LogP) is -0.877. The summed E-state index contributed by atoms with van der Waals surface area (Å²) >= 11 is 0. The minimum Gasteiger partial charge on any atom is -0.395 e. The van der Waals surface area contributed by atoms with E-state index in [1.165, 1.54) is 12.8 Å². The fourth-order valence-corrected chi connectivity index (χ4v) is 2.18. The molecule has 1 aliphatic carbocycles. The molecule has 1 heterocycles. The summed E-state index contributed by atoms with van der Waals surface area (Å²) in [7, 11) is 0. The van der Waals surface area contributed by atoms with Gasteiger partial charge in [0.1, 0.15) is 0 Å². The van der Waals surface area contributed by atoms with Crippen LogP contribution < -0.4 is 5.32 Å². The van der Waals surface area contributed by atoms with E-state index in [1.54, 1.807) is 0 Å². The maximum absolute atomic E-state index is 11.9. The molecule has 1 aliphatic heterocycles. The van der Waals surface area contributed by atoms with E-state index in [9.17, 15) is 4.79 Å². The van der Waals surface area contributed by atoms with Gasteiger partial charge in [0, 0.05) is 32.7 Å². The van der Waals surface area contributed by atoms with Gasteiger partial charge in [0.25, 0.3) is 0 Å². The number of rotatable bonds is 6. The van der Waals surface area contributed by atoms with Crippen molar-refractivity contribution >= 4 is 5.91 Å². The molecule has 98 valence electrons. The highest BCUT2D eigenvalue weighted by Crippen LogP contribution is 2.27. The normalized spacial score (nSPS) is 21.8. The maximum Gasteiger partial charge on any atom is 0.236 e. The number of nitrogens with zero attached hydrogens (tertiary/aromatic N) is 2. The smallest absolute Gasteiger partial charge is 0.236 e. The summed E-state index contributed by atoms with van der Waals surface area (Å²) in [5.74, 6) is 1.04. The molecular formula is C12H23N3O2. The summed E-state index contributed by atoms with van der Waals surface area (Å²) in [4.78, 5) is 16.0. The number of aliphatic hydroxyl groups is 1. The molecule has 5 nitrogen and oxygen atoms in total. The van der Waals surface area contributed by atoms with Crippen LogP contribution in [0, 0.1) is 5.92 Å². The highest BCUT2D eigenvalue weighted by atomic mass is 16.3. The first-order valence-corrected chi connectivity index (χ1v) is 6.61. The number of hydrogen-bond acceptors (Lipinski definition) is 4. The molecule has 5 heteroatoms. The predicted molar refractivity (Wildman–Crippen MR) is 65.7 cm³/mol. The molecule has 2 N–H and O–H groups in total. The number of nitrogens with one attached hydrogen (secondary N) is 1. The first kappa shape index (κ1) is 12.8. The van der Waals surface area contributed by atoms with Crippen LogP contribution >= 0.6 is 0 Å². The number of carbonyl (C=O) groups is 1. The Hall–Kier alpha value is -0.650. The minimum atomic E-state index is 0.205. The fourth-order valence-electron chi connectivity index (χ4n) is 2.18. The van der Waals surface area contributed by atoms with E-state index < -0.39 is 0 Å². The van der Waals surface area contributed by atoms with Gasteiger partial charge in [0.05, 0.1) is 13.2 Å². The summed E-state index contributed by atoms with van der Waals surface area (Å²) in [5.41, 5.74) is 0. The van der Waals surface area contributed by atoms with Crippen molar-refractivity contribution in [3.63, 3.8) is 0 Å². The first-order chi connectivity index (χ1) is 8.29. The van der Waals surface area contributed by atoms with Gasteiger partial charge in [-0.05, 0) is 25.3 Å². The Morgan fingerprint density at radius 2 is 1.94 bits per heavy atom. The monoisotopic (exact) mass is 241 g/mol. The quantitative estimate of drug-likeness (QED) is 0.634. The van der Waals surface area contributed by atoms with Crippen molar-refractivity contribution in [1.82, 2.24) is 15.1 Å². The lowest BCUT2D eigenvalue weighted by molar-refractivity contribution is -0.132. The zero-order valence-electron chi connectivity index (χ0n) is 10.4. The summed E-state index contributed by atoms with van der Waals surface area (Å²) < 4.78 is 0. The van der Waals surface area contributed by atoms with Crippen LogP contribution in [0.3, 0.4) is 0 Å². The van der Waals surface area contributed by atoms with Crippen LogP contribution in [0.1, 0.15) is 12.8 Å².